The molecule has 0 saturated carbocycles. The van der Waals surface area contributed by atoms with Crippen molar-refractivity contribution in [2.24, 2.45) is 11.8 Å². The summed E-state index contributed by atoms with van der Waals surface area (Å²) in [5.41, 5.74) is 3.25. The molecule has 0 radical (unpaired) electrons. The molecule has 178 valence electrons. The Morgan fingerprint density at radius 3 is 2.29 bits per heavy atom. The van der Waals surface area contributed by atoms with Crippen molar-refractivity contribution in [1.82, 2.24) is 10.2 Å². The Kier molecular flexibility index (Phi) is 5.77. The highest BCUT2D eigenvalue weighted by molar-refractivity contribution is 5.91. The number of nitrogens with zero attached hydrogens (tertiary/aromatic N) is 1. The number of carbonyl (C=O) groups is 3. The van der Waals surface area contributed by atoms with E-state index in [4.69, 9.17) is 9.47 Å². The normalized spacial score (nSPS) is 25.6. The SMILES string of the molecule is CC1CN(C(=O)C2(NC(=O)OCC3c4ccccc4-c4ccccc43)CCOC2)CC1C(=O)O. The molecule has 5 rings (SSSR count). The molecule has 3 atom stereocenters. The molecule has 2 N–H and O–H groups in total. The van der Waals surface area contributed by atoms with Crippen LogP contribution in [0.5, 0.6) is 0 Å². The number of amides is 2. The van der Waals surface area contributed by atoms with Crippen molar-refractivity contribution in [3.63, 3.8) is 0 Å². The Labute approximate surface area is 197 Å². The van der Waals surface area contributed by atoms with Crippen molar-refractivity contribution >= 4 is 18.0 Å². The van der Waals surface area contributed by atoms with Crippen LogP contribution in [0, 0.1) is 11.8 Å². The van der Waals surface area contributed by atoms with Crippen LogP contribution in [0.2, 0.25) is 0 Å². The summed E-state index contributed by atoms with van der Waals surface area (Å²) >= 11 is 0. The number of ether oxygens (including phenoxy) is 2. The molecule has 2 aliphatic heterocycles. The number of benzene rings is 2. The molecule has 1 aliphatic carbocycles. The molecule has 2 fully saturated rings. The van der Waals surface area contributed by atoms with Gasteiger partial charge in [-0.1, -0.05) is 55.5 Å². The maximum absolute atomic E-state index is 13.4. The third kappa shape index (κ3) is 3.81. The highest BCUT2D eigenvalue weighted by atomic mass is 16.6. The largest absolute Gasteiger partial charge is 0.481 e. The zero-order chi connectivity index (χ0) is 23.9. The lowest BCUT2D eigenvalue weighted by Gasteiger charge is -2.31. The number of carbonyl (C=O) groups excluding carboxylic acids is 2. The lowest BCUT2D eigenvalue weighted by atomic mass is 9.96. The van der Waals surface area contributed by atoms with Crippen LogP contribution in [0.1, 0.15) is 30.4 Å². The van der Waals surface area contributed by atoms with Crippen molar-refractivity contribution in [2.75, 3.05) is 32.9 Å². The van der Waals surface area contributed by atoms with E-state index >= 15 is 0 Å². The van der Waals surface area contributed by atoms with Crippen molar-refractivity contribution in [1.29, 1.82) is 0 Å². The topological polar surface area (TPSA) is 105 Å². The average molecular weight is 465 g/mol. The van der Waals surface area contributed by atoms with Gasteiger partial charge in [0.2, 0.25) is 0 Å². The standard InChI is InChI=1S/C26H28N2O6/c1-16-12-28(13-21(16)23(29)30)24(31)26(10-11-33-15-26)27-25(32)34-14-22-19-8-4-2-6-17(19)18-7-3-5-9-20(18)22/h2-9,16,21-22H,10-15H2,1H3,(H,27,32)(H,29,30). The fourth-order valence-electron chi connectivity index (χ4n) is 5.47. The van der Waals surface area contributed by atoms with Gasteiger partial charge in [0.1, 0.15) is 12.1 Å². The van der Waals surface area contributed by atoms with Gasteiger partial charge in [0, 0.05) is 32.0 Å². The molecular weight excluding hydrogens is 436 g/mol. The molecule has 34 heavy (non-hydrogen) atoms. The van der Waals surface area contributed by atoms with Gasteiger partial charge in [-0.05, 0) is 28.2 Å². The third-order valence-electron chi connectivity index (χ3n) is 7.33. The predicted molar refractivity (Wildman–Crippen MR) is 123 cm³/mol. The number of alkyl carbamates (subject to hydrolysis) is 1. The number of likely N-dealkylation sites (tertiary alicyclic amines) is 1. The minimum Gasteiger partial charge on any atom is -0.481 e. The molecule has 0 spiro atoms. The van der Waals surface area contributed by atoms with E-state index in [9.17, 15) is 19.5 Å². The first-order chi connectivity index (χ1) is 16.4. The quantitative estimate of drug-likeness (QED) is 0.705. The zero-order valence-electron chi connectivity index (χ0n) is 19.0. The maximum Gasteiger partial charge on any atom is 0.408 e. The second-order valence-corrected chi connectivity index (χ2v) is 9.47. The van der Waals surface area contributed by atoms with E-state index in [-0.39, 0.29) is 37.5 Å². The maximum atomic E-state index is 13.4. The highest BCUT2D eigenvalue weighted by Crippen LogP contribution is 2.44. The second-order valence-electron chi connectivity index (χ2n) is 9.47. The molecule has 3 aliphatic rings. The summed E-state index contributed by atoms with van der Waals surface area (Å²) in [4.78, 5) is 39.3. The summed E-state index contributed by atoms with van der Waals surface area (Å²) in [5, 5.41) is 12.2. The third-order valence-corrected chi connectivity index (χ3v) is 7.33. The zero-order valence-corrected chi connectivity index (χ0v) is 19.0. The Morgan fingerprint density at radius 1 is 1.09 bits per heavy atom. The first-order valence-corrected chi connectivity index (χ1v) is 11.6. The average Bonchev–Trinajstić information content (AvgIpc) is 3.54. The van der Waals surface area contributed by atoms with Crippen molar-refractivity contribution < 1.29 is 29.0 Å². The molecule has 2 heterocycles. The summed E-state index contributed by atoms with van der Waals surface area (Å²) in [6, 6.07) is 16.2. The molecule has 2 amide bonds. The molecule has 0 bridgehead atoms. The van der Waals surface area contributed by atoms with Gasteiger partial charge < -0.3 is 24.8 Å². The second kappa shape index (κ2) is 8.76. The van der Waals surface area contributed by atoms with E-state index in [2.05, 4.69) is 17.4 Å². The number of hydrogen-bond acceptors (Lipinski definition) is 5. The van der Waals surface area contributed by atoms with Gasteiger partial charge in [0.05, 0.1) is 12.5 Å². The van der Waals surface area contributed by atoms with E-state index in [1.54, 1.807) is 0 Å². The Morgan fingerprint density at radius 2 is 1.74 bits per heavy atom. The van der Waals surface area contributed by atoms with Gasteiger partial charge in [-0.2, -0.15) is 0 Å². The summed E-state index contributed by atoms with van der Waals surface area (Å²) in [6.07, 6.45) is -0.360. The van der Waals surface area contributed by atoms with E-state index < -0.39 is 23.5 Å². The molecule has 8 heteroatoms. The van der Waals surface area contributed by atoms with E-state index in [0.717, 1.165) is 22.3 Å². The molecular formula is C26H28N2O6. The monoisotopic (exact) mass is 464 g/mol. The first-order valence-electron chi connectivity index (χ1n) is 11.6. The molecule has 0 aromatic heterocycles. The minimum absolute atomic E-state index is 0.0403. The highest BCUT2D eigenvalue weighted by Gasteiger charge is 2.49. The lowest BCUT2D eigenvalue weighted by Crippen LogP contribution is -2.60. The first kappa shape index (κ1) is 22.4. The smallest absolute Gasteiger partial charge is 0.408 e. The number of hydrogen-bond donors (Lipinski definition) is 2. The van der Waals surface area contributed by atoms with Gasteiger partial charge in [-0.3, -0.25) is 9.59 Å². The van der Waals surface area contributed by atoms with Crippen LogP contribution in [0.4, 0.5) is 4.79 Å². The number of fused-ring (bicyclic) bond motifs is 3. The van der Waals surface area contributed by atoms with Gasteiger partial charge in [-0.15, -0.1) is 0 Å². The molecule has 3 unspecified atom stereocenters. The van der Waals surface area contributed by atoms with Gasteiger partial charge in [-0.25, -0.2) is 4.79 Å². The number of carboxylic acids is 1. The summed E-state index contributed by atoms with van der Waals surface area (Å²) < 4.78 is 11.1. The van der Waals surface area contributed by atoms with Crippen molar-refractivity contribution in [2.45, 2.75) is 24.8 Å². The van der Waals surface area contributed by atoms with Crippen molar-refractivity contribution in [3.05, 3.63) is 59.7 Å². The fourth-order valence-corrected chi connectivity index (χ4v) is 5.47. The van der Waals surface area contributed by atoms with E-state index in [1.165, 1.54) is 4.90 Å². The van der Waals surface area contributed by atoms with Gasteiger partial charge >= 0.3 is 12.1 Å². The fraction of sp³-hybridized carbons (Fsp3) is 0.423. The van der Waals surface area contributed by atoms with Crippen LogP contribution in [0.25, 0.3) is 11.1 Å². The summed E-state index contributed by atoms with van der Waals surface area (Å²) in [6.45, 7) is 2.81. The van der Waals surface area contributed by atoms with Gasteiger partial charge in [0.25, 0.3) is 5.91 Å². The predicted octanol–water partition coefficient (Wildman–Crippen LogP) is 2.86. The van der Waals surface area contributed by atoms with Crippen LogP contribution in [0.3, 0.4) is 0 Å². The number of nitrogens with one attached hydrogen (secondary N) is 1. The Bertz CT molecular complexity index is 1080. The van der Waals surface area contributed by atoms with Gasteiger partial charge in [0.15, 0.2) is 0 Å². The summed E-state index contributed by atoms with van der Waals surface area (Å²) in [7, 11) is 0. The summed E-state index contributed by atoms with van der Waals surface area (Å²) in [5.74, 6) is -2.08. The van der Waals surface area contributed by atoms with Crippen LogP contribution >= 0.6 is 0 Å². The van der Waals surface area contributed by atoms with Crippen LogP contribution in [-0.4, -0.2) is 66.4 Å². The van der Waals surface area contributed by atoms with E-state index in [1.807, 2.05) is 43.3 Å². The van der Waals surface area contributed by atoms with Crippen molar-refractivity contribution in [3.8, 4) is 11.1 Å². The Hall–Kier alpha value is -3.39. The Balaban J connectivity index is 1.28. The molecule has 2 aromatic rings. The molecule has 2 aromatic carbocycles. The minimum atomic E-state index is -1.24. The lowest BCUT2D eigenvalue weighted by molar-refractivity contribution is -0.142. The number of rotatable bonds is 5. The van der Waals surface area contributed by atoms with Crippen LogP contribution in [-0.2, 0) is 19.1 Å². The molecule has 2 saturated heterocycles. The molecule has 8 nitrogen and oxygen atoms in total. The van der Waals surface area contributed by atoms with Crippen LogP contribution < -0.4 is 5.32 Å². The number of aliphatic carboxylic acids is 1. The number of carboxylic acid groups (broad SMARTS) is 1. The van der Waals surface area contributed by atoms with E-state index in [0.29, 0.717) is 19.6 Å². The van der Waals surface area contributed by atoms with Crippen LogP contribution in [0.15, 0.2) is 48.5 Å².